The van der Waals surface area contributed by atoms with Crippen LogP contribution in [0.25, 0.3) is 0 Å². The van der Waals surface area contributed by atoms with Crippen LogP contribution in [-0.4, -0.2) is 11.6 Å². The molecule has 10 aliphatic rings. The number of hydrogen-bond acceptors (Lipinski definition) is 2. The summed E-state index contributed by atoms with van der Waals surface area (Å²) in [6.45, 7) is -1.76. The average Bonchev–Trinajstić information content (AvgIpc) is 3.54. The zero-order chi connectivity index (χ0) is 15.6. The van der Waals surface area contributed by atoms with E-state index in [2.05, 4.69) is 31.2 Å². The number of rotatable bonds is 5. The van der Waals surface area contributed by atoms with Gasteiger partial charge in [0.2, 0.25) is 0 Å². The normalized spacial score (nSPS) is 90.5. The molecule has 0 N–H and O–H groups in total. The second kappa shape index (κ2) is 1.06. The molecule has 1 aromatic carbocycles. The molecule has 10 heterocycles. The van der Waals surface area contributed by atoms with Gasteiger partial charge in [0.15, 0.2) is 0 Å². The molecular formula is C21H20FeO2. The Bertz CT molecular complexity index is 1400. The molecule has 24 heavy (non-hydrogen) atoms. The van der Waals surface area contributed by atoms with E-state index in [4.69, 9.17) is 0 Å². The Morgan fingerprint density at radius 3 is 1.83 bits per heavy atom. The molecule has 1 spiro atoms. The summed E-state index contributed by atoms with van der Waals surface area (Å²) in [7, 11) is 0. The molecule has 10 saturated heterocycles. The fraction of sp³-hybridized carbons (Fsp3) is 0.619. The van der Waals surface area contributed by atoms with Crippen LogP contribution in [0.3, 0.4) is 0 Å². The predicted molar refractivity (Wildman–Crippen MR) is 85.8 cm³/mol. The van der Waals surface area contributed by atoms with E-state index in [1.807, 2.05) is 6.07 Å². The predicted octanol–water partition coefficient (Wildman–Crippen LogP) is 4.91. The molecule has 124 valence electrons. The summed E-state index contributed by atoms with van der Waals surface area (Å²) in [5, 5.41) is 0. The van der Waals surface area contributed by atoms with Gasteiger partial charge in [-0.05, 0) is 0 Å². The van der Waals surface area contributed by atoms with Gasteiger partial charge in [0.25, 0.3) is 0 Å². The summed E-state index contributed by atoms with van der Waals surface area (Å²) in [5.41, 5.74) is 1.20. The Kier molecular flexibility index (Phi) is 0.455. The molecule has 10 aliphatic heterocycles. The van der Waals surface area contributed by atoms with E-state index in [1.54, 1.807) is 0 Å². The van der Waals surface area contributed by atoms with Gasteiger partial charge in [0.05, 0.1) is 0 Å². The van der Waals surface area contributed by atoms with E-state index in [1.165, 1.54) is 5.56 Å². The Balaban J connectivity index is 1.25. The molecule has 0 bridgehead atoms. The zero-order valence-electron chi connectivity index (χ0n) is 13.6. The Morgan fingerprint density at radius 1 is 0.875 bits per heavy atom. The number of benzene rings is 1. The van der Waals surface area contributed by atoms with Crippen LogP contribution < -0.4 is 0 Å². The molecule has 11 rings (SSSR count). The molecule has 0 radical (unpaired) electrons. The van der Waals surface area contributed by atoms with Crippen LogP contribution >= 0.6 is 0 Å². The second-order valence-electron chi connectivity index (χ2n) is 12.6. The first-order chi connectivity index (χ1) is 11.4. The van der Waals surface area contributed by atoms with Crippen molar-refractivity contribution in [2.45, 2.75) is 66.9 Å². The van der Waals surface area contributed by atoms with E-state index in [0.29, 0.717) is 18.0 Å². The van der Waals surface area contributed by atoms with Crippen LogP contribution in [0, 0.1) is 0 Å². The fourth-order valence-electron chi connectivity index (χ4n) is 19.3. The van der Waals surface area contributed by atoms with Crippen molar-refractivity contribution in [3.05, 3.63) is 35.9 Å². The zero-order valence-corrected chi connectivity index (χ0v) is 14.7. The van der Waals surface area contributed by atoms with Crippen molar-refractivity contribution in [2.24, 2.45) is 0 Å². The average molecular weight is 360 g/mol. The third-order valence-electron chi connectivity index (χ3n) is 17.2. The maximum absolute atomic E-state index is 13.8. The van der Waals surface area contributed by atoms with Crippen LogP contribution in [0.5, 0.6) is 0 Å². The Hall–Kier alpha value is -0.921. The number of carbonyl (C=O) groups excluding carboxylic acids is 2. The van der Waals surface area contributed by atoms with Gasteiger partial charge < -0.3 is 0 Å². The summed E-state index contributed by atoms with van der Waals surface area (Å²) >= 11 is 0. The van der Waals surface area contributed by atoms with E-state index in [-0.39, 0.29) is 8.63 Å². The number of hydrogen-bond donors (Lipinski definition) is 0. The molecular weight excluding hydrogens is 340 g/mol. The molecule has 10 fully saturated rings. The molecule has 0 saturated carbocycles. The van der Waals surface area contributed by atoms with E-state index < -0.39 is 6.51 Å². The molecule has 0 amide bonds. The van der Waals surface area contributed by atoms with Crippen molar-refractivity contribution >= 4 is 11.6 Å². The third kappa shape index (κ3) is 0.135. The van der Waals surface area contributed by atoms with E-state index in [9.17, 15) is 9.59 Å². The summed E-state index contributed by atoms with van der Waals surface area (Å²) in [6.07, 6.45) is 1.41. The number of Topliss-reactive ketones (excluding diaryl/α,β-unsaturated/α-hetero) is 2. The van der Waals surface area contributed by atoms with Crippen molar-refractivity contribution in [1.82, 2.24) is 0 Å². The van der Waals surface area contributed by atoms with Gasteiger partial charge in [-0.3, -0.25) is 0 Å². The topological polar surface area (TPSA) is 34.1 Å². The molecule has 3 heteroatoms. The second-order valence-corrected chi connectivity index (χ2v) is 35.8. The summed E-state index contributed by atoms with van der Waals surface area (Å²) in [6, 6.07) is 10.4. The molecule has 1 aromatic rings. The summed E-state index contributed by atoms with van der Waals surface area (Å²) in [4.78, 5) is 34.5. The van der Waals surface area contributed by atoms with Crippen LogP contribution in [-0.2, 0) is 22.5 Å². The first kappa shape index (κ1) is 10.3. The van der Waals surface area contributed by atoms with Gasteiger partial charge in [-0.1, -0.05) is 0 Å². The fourth-order valence-corrected chi connectivity index (χ4v) is 95.3. The van der Waals surface area contributed by atoms with Gasteiger partial charge in [0, 0.05) is 0 Å². The Morgan fingerprint density at radius 2 is 1.38 bits per heavy atom. The van der Waals surface area contributed by atoms with Gasteiger partial charge >= 0.3 is 130 Å². The van der Waals surface area contributed by atoms with Crippen molar-refractivity contribution in [1.29, 1.82) is 0 Å². The number of carbonyl (C=O) groups is 2. The van der Waals surface area contributed by atoms with Gasteiger partial charge in [-0.25, -0.2) is 0 Å². The van der Waals surface area contributed by atoms with Gasteiger partial charge in [-0.15, -0.1) is 0 Å². The van der Waals surface area contributed by atoms with Crippen molar-refractivity contribution < 1.29 is 16.1 Å². The number of fused-ring (bicyclic) bond motifs is 10. The third-order valence-corrected chi connectivity index (χ3v) is 60.0. The van der Waals surface area contributed by atoms with E-state index in [0.717, 1.165) is 45.0 Å². The maximum atomic E-state index is 13.8. The quantitative estimate of drug-likeness (QED) is 0.700. The van der Waals surface area contributed by atoms with Crippen LogP contribution in [0.2, 0.25) is 47.2 Å². The molecule has 2 nitrogen and oxygen atoms in total. The molecule has 0 aliphatic carbocycles. The first-order valence-corrected chi connectivity index (χ1v) is 15.9. The van der Waals surface area contributed by atoms with Crippen LogP contribution in [0.4, 0.5) is 0 Å². The summed E-state index contributed by atoms with van der Waals surface area (Å²) < 4.78 is 0.421. The Labute approximate surface area is 130 Å². The monoisotopic (exact) mass is 360 g/mol. The van der Waals surface area contributed by atoms with Gasteiger partial charge in [-0.2, -0.15) is 0 Å². The van der Waals surface area contributed by atoms with Crippen molar-refractivity contribution in [3.63, 3.8) is 0 Å². The number of ketones is 2. The standard InChI is InChI=1S/C13H11O.C8H9O.Fe/c14-13(12-8-4-5-9-12)10-11-6-2-1-3-7-11;1-2-8(9)7-5-3-4-6-7;/h1-9H,10H2;3-6H,2H2,1H3;. The summed E-state index contributed by atoms with van der Waals surface area (Å²) in [5.74, 6) is 1.28. The van der Waals surface area contributed by atoms with Crippen molar-refractivity contribution in [3.8, 4) is 0 Å². The molecule has 0 aromatic heterocycles. The van der Waals surface area contributed by atoms with Gasteiger partial charge in [0.1, 0.15) is 0 Å². The van der Waals surface area contributed by atoms with E-state index >= 15 is 0 Å². The van der Waals surface area contributed by atoms with Crippen LogP contribution in [0.1, 0.15) is 18.9 Å². The SMILES string of the molecule is CCC(=O)[C]12[CH]3[CH]4[CH]5[CH]1[Fe]45321678[CH]2[CH]1[CH]6[C]7(C(=O)Cc1ccccc1)[CH]28. The van der Waals surface area contributed by atoms with Crippen LogP contribution in [0.15, 0.2) is 30.3 Å². The minimum atomic E-state index is -3.85. The first-order valence-electron chi connectivity index (χ1n) is 9.73. The molecule has 8 unspecified atom stereocenters. The minimum absolute atomic E-state index is 0.190. The van der Waals surface area contributed by atoms with Crippen molar-refractivity contribution in [2.75, 3.05) is 0 Å². The molecule has 8 atom stereocenters.